The number of carbonyl (C=O) groups is 1. The van der Waals surface area contributed by atoms with Crippen molar-refractivity contribution >= 4 is 22.8 Å². The third-order valence-electron chi connectivity index (χ3n) is 6.14. The van der Waals surface area contributed by atoms with Gasteiger partial charge in [-0.3, -0.25) is 14.6 Å². The molecule has 5 nitrogen and oxygen atoms in total. The van der Waals surface area contributed by atoms with E-state index in [9.17, 15) is 4.79 Å². The highest BCUT2D eigenvalue weighted by Crippen LogP contribution is 2.29. The molecule has 6 heteroatoms. The van der Waals surface area contributed by atoms with Gasteiger partial charge in [0, 0.05) is 45.3 Å². The molecule has 0 aliphatic carbocycles. The summed E-state index contributed by atoms with van der Waals surface area (Å²) in [4.78, 5) is 20.1. The van der Waals surface area contributed by atoms with Gasteiger partial charge in [-0.15, -0.1) is 11.3 Å². The SMILES string of the molecule is COc1ccccc1N1CCN([C@@H]2CCCN(Cc3csc(C(C)=O)c3)C2)CC1. The second kappa shape index (κ2) is 9.28. The Morgan fingerprint density at radius 2 is 1.97 bits per heavy atom. The minimum absolute atomic E-state index is 0.172. The number of anilines is 1. The second-order valence-corrected chi connectivity index (χ2v) is 9.01. The molecule has 1 aromatic heterocycles. The van der Waals surface area contributed by atoms with Gasteiger partial charge in [-0.05, 0) is 55.5 Å². The Morgan fingerprint density at radius 1 is 1.17 bits per heavy atom. The number of rotatable bonds is 6. The number of benzene rings is 1. The van der Waals surface area contributed by atoms with Crippen LogP contribution in [0.3, 0.4) is 0 Å². The van der Waals surface area contributed by atoms with Crippen molar-refractivity contribution in [2.75, 3.05) is 51.3 Å². The molecule has 156 valence electrons. The Hall–Kier alpha value is -1.89. The minimum atomic E-state index is 0.172. The van der Waals surface area contributed by atoms with Gasteiger partial charge in [0.05, 0.1) is 17.7 Å². The van der Waals surface area contributed by atoms with Gasteiger partial charge >= 0.3 is 0 Å². The lowest BCUT2D eigenvalue weighted by Gasteiger charge is -2.44. The summed E-state index contributed by atoms with van der Waals surface area (Å²) < 4.78 is 5.55. The zero-order valence-electron chi connectivity index (χ0n) is 17.5. The summed E-state index contributed by atoms with van der Waals surface area (Å²) in [5, 5.41) is 2.15. The van der Waals surface area contributed by atoms with E-state index in [1.807, 2.05) is 12.1 Å². The van der Waals surface area contributed by atoms with E-state index in [1.165, 1.54) is 24.1 Å². The quantitative estimate of drug-likeness (QED) is 0.674. The van der Waals surface area contributed by atoms with Gasteiger partial charge in [-0.1, -0.05) is 12.1 Å². The van der Waals surface area contributed by atoms with Gasteiger partial charge < -0.3 is 9.64 Å². The first-order chi connectivity index (χ1) is 14.1. The van der Waals surface area contributed by atoms with Crippen molar-refractivity contribution in [2.24, 2.45) is 0 Å². The number of ether oxygens (including phenoxy) is 1. The van der Waals surface area contributed by atoms with Crippen LogP contribution in [-0.2, 0) is 6.54 Å². The molecule has 0 N–H and O–H groups in total. The molecular formula is C23H31N3O2S. The molecule has 1 atom stereocenters. The van der Waals surface area contributed by atoms with E-state index in [4.69, 9.17) is 4.74 Å². The lowest BCUT2D eigenvalue weighted by Crippen LogP contribution is -2.55. The minimum Gasteiger partial charge on any atom is -0.495 e. The molecule has 29 heavy (non-hydrogen) atoms. The summed E-state index contributed by atoms with van der Waals surface area (Å²) in [7, 11) is 1.75. The molecule has 2 aliphatic heterocycles. The maximum absolute atomic E-state index is 11.6. The number of piperazine rings is 1. The van der Waals surface area contributed by atoms with Crippen LogP contribution in [0.4, 0.5) is 5.69 Å². The molecule has 2 fully saturated rings. The van der Waals surface area contributed by atoms with Crippen LogP contribution in [0.1, 0.15) is 35.0 Å². The summed E-state index contributed by atoms with van der Waals surface area (Å²) >= 11 is 1.57. The normalized spacial score (nSPS) is 21.3. The molecule has 0 bridgehead atoms. The number of nitrogens with zero attached hydrogens (tertiary/aromatic N) is 3. The number of carbonyl (C=O) groups excluding carboxylic acids is 1. The van der Waals surface area contributed by atoms with E-state index in [1.54, 1.807) is 25.4 Å². The van der Waals surface area contributed by atoms with Gasteiger partial charge in [0.25, 0.3) is 0 Å². The fraction of sp³-hybridized carbons (Fsp3) is 0.522. The molecule has 0 amide bonds. The largest absolute Gasteiger partial charge is 0.495 e. The van der Waals surface area contributed by atoms with Crippen molar-refractivity contribution < 1.29 is 9.53 Å². The van der Waals surface area contributed by atoms with Crippen LogP contribution in [0.5, 0.6) is 5.75 Å². The van der Waals surface area contributed by atoms with Crippen LogP contribution < -0.4 is 9.64 Å². The van der Waals surface area contributed by atoms with Crippen molar-refractivity contribution in [1.82, 2.24) is 9.80 Å². The number of ketones is 1. The topological polar surface area (TPSA) is 36.0 Å². The smallest absolute Gasteiger partial charge is 0.169 e. The summed E-state index contributed by atoms with van der Waals surface area (Å²) in [6.07, 6.45) is 2.54. The molecule has 2 aromatic rings. The van der Waals surface area contributed by atoms with Crippen molar-refractivity contribution in [3.8, 4) is 5.75 Å². The Kier molecular flexibility index (Phi) is 6.53. The van der Waals surface area contributed by atoms with Crippen LogP contribution in [-0.4, -0.2) is 68.0 Å². The van der Waals surface area contributed by atoms with Crippen molar-refractivity contribution in [2.45, 2.75) is 32.4 Å². The summed E-state index contributed by atoms with van der Waals surface area (Å²) in [5.41, 5.74) is 2.49. The van der Waals surface area contributed by atoms with E-state index in [0.29, 0.717) is 6.04 Å². The van der Waals surface area contributed by atoms with E-state index in [2.05, 4.69) is 38.3 Å². The fourth-order valence-corrected chi connectivity index (χ4v) is 5.40. The lowest BCUT2D eigenvalue weighted by atomic mass is 10.0. The summed E-state index contributed by atoms with van der Waals surface area (Å²) in [6.45, 7) is 9.18. The molecule has 0 spiro atoms. The van der Waals surface area contributed by atoms with E-state index < -0.39 is 0 Å². The van der Waals surface area contributed by atoms with E-state index in [-0.39, 0.29) is 5.78 Å². The molecule has 2 aliphatic rings. The highest BCUT2D eigenvalue weighted by molar-refractivity contribution is 7.12. The number of methoxy groups -OCH3 is 1. The Morgan fingerprint density at radius 3 is 2.69 bits per heavy atom. The number of hydrogen-bond donors (Lipinski definition) is 0. The average molecular weight is 414 g/mol. The number of likely N-dealkylation sites (tertiary alicyclic amines) is 1. The fourth-order valence-electron chi connectivity index (χ4n) is 4.59. The molecule has 3 heterocycles. The Bertz CT molecular complexity index is 829. The third kappa shape index (κ3) is 4.82. The molecular weight excluding hydrogens is 382 g/mol. The maximum Gasteiger partial charge on any atom is 0.169 e. The first-order valence-corrected chi connectivity index (χ1v) is 11.4. The number of para-hydroxylation sites is 2. The zero-order valence-corrected chi connectivity index (χ0v) is 18.3. The number of piperidine rings is 1. The maximum atomic E-state index is 11.6. The lowest BCUT2D eigenvalue weighted by molar-refractivity contribution is 0.0887. The zero-order chi connectivity index (χ0) is 20.2. The molecule has 0 unspecified atom stereocenters. The molecule has 4 rings (SSSR count). The Labute approximate surface area is 177 Å². The predicted octanol–water partition coefficient (Wildman–Crippen LogP) is 3.75. The molecule has 2 saturated heterocycles. The highest BCUT2D eigenvalue weighted by atomic mass is 32.1. The molecule has 0 saturated carbocycles. The van der Waals surface area contributed by atoms with Gasteiger partial charge in [0.2, 0.25) is 0 Å². The molecule has 1 aromatic carbocycles. The van der Waals surface area contributed by atoms with Crippen LogP contribution in [0.25, 0.3) is 0 Å². The number of Topliss-reactive ketones (excluding diaryl/α,β-unsaturated/α-hetero) is 1. The monoisotopic (exact) mass is 413 g/mol. The standard InChI is InChI=1S/C23H31N3O2S/c1-18(27)23-14-19(17-29-23)15-24-9-5-6-20(16-24)25-10-12-26(13-11-25)21-7-3-4-8-22(21)28-2/h3-4,7-8,14,17,20H,5-6,9-13,15-16H2,1-2H3/t20-/m1/s1. The molecule has 0 radical (unpaired) electrons. The number of hydrogen-bond acceptors (Lipinski definition) is 6. The first-order valence-electron chi connectivity index (χ1n) is 10.6. The van der Waals surface area contributed by atoms with Crippen LogP contribution >= 0.6 is 11.3 Å². The first kappa shape index (κ1) is 20.4. The van der Waals surface area contributed by atoms with Crippen molar-refractivity contribution in [3.63, 3.8) is 0 Å². The van der Waals surface area contributed by atoms with Crippen molar-refractivity contribution in [3.05, 3.63) is 46.2 Å². The summed E-state index contributed by atoms with van der Waals surface area (Å²) in [5.74, 6) is 1.14. The summed E-state index contributed by atoms with van der Waals surface area (Å²) in [6, 6.07) is 11.0. The highest BCUT2D eigenvalue weighted by Gasteiger charge is 2.29. The van der Waals surface area contributed by atoms with Gasteiger partial charge in [0.1, 0.15) is 5.75 Å². The van der Waals surface area contributed by atoms with Crippen LogP contribution in [0.2, 0.25) is 0 Å². The van der Waals surface area contributed by atoms with Gasteiger partial charge in [-0.2, -0.15) is 0 Å². The van der Waals surface area contributed by atoms with Crippen LogP contribution in [0.15, 0.2) is 35.7 Å². The Balaban J connectivity index is 1.32. The van der Waals surface area contributed by atoms with E-state index >= 15 is 0 Å². The third-order valence-corrected chi connectivity index (χ3v) is 7.22. The second-order valence-electron chi connectivity index (χ2n) is 8.10. The van der Waals surface area contributed by atoms with E-state index in [0.717, 1.165) is 56.4 Å². The van der Waals surface area contributed by atoms with Crippen LogP contribution in [0, 0.1) is 0 Å². The number of thiophene rings is 1. The predicted molar refractivity (Wildman–Crippen MR) is 119 cm³/mol. The van der Waals surface area contributed by atoms with Gasteiger partial charge in [0.15, 0.2) is 5.78 Å². The van der Waals surface area contributed by atoms with Crippen molar-refractivity contribution in [1.29, 1.82) is 0 Å². The average Bonchev–Trinajstić information content (AvgIpc) is 3.23. The van der Waals surface area contributed by atoms with Gasteiger partial charge in [-0.25, -0.2) is 0 Å².